The fraction of sp³-hybridized carbons (Fsp3) is 0.105. The second-order valence-electron chi connectivity index (χ2n) is 5.80. The molecule has 130 valence electrons. The summed E-state index contributed by atoms with van der Waals surface area (Å²) < 4.78 is 7.52. The third kappa shape index (κ3) is 3.14. The molecular formula is C19H17N5O2. The lowest BCUT2D eigenvalue weighted by molar-refractivity contribution is 0.477. The van der Waals surface area contributed by atoms with Crippen molar-refractivity contribution < 1.29 is 4.74 Å². The zero-order valence-corrected chi connectivity index (χ0v) is 14.1. The van der Waals surface area contributed by atoms with E-state index in [9.17, 15) is 4.79 Å². The zero-order chi connectivity index (χ0) is 17.9. The topological polar surface area (TPSA) is 84.8 Å². The molecule has 2 aromatic heterocycles. The van der Waals surface area contributed by atoms with Crippen molar-refractivity contribution in [3.05, 3.63) is 76.7 Å². The number of fused-ring (bicyclic) bond motifs is 1. The van der Waals surface area contributed by atoms with Crippen molar-refractivity contribution in [2.75, 3.05) is 5.32 Å². The summed E-state index contributed by atoms with van der Waals surface area (Å²) in [5.74, 6) is 1.90. The lowest BCUT2D eigenvalue weighted by atomic mass is 10.2. The van der Waals surface area contributed by atoms with E-state index in [2.05, 4.69) is 20.4 Å². The lowest BCUT2D eigenvalue weighted by Crippen LogP contribution is -2.13. The molecule has 0 bridgehead atoms. The van der Waals surface area contributed by atoms with Gasteiger partial charge in [-0.15, -0.1) is 0 Å². The van der Waals surface area contributed by atoms with Gasteiger partial charge in [0, 0.05) is 19.2 Å². The minimum absolute atomic E-state index is 0.223. The minimum atomic E-state index is -0.223. The van der Waals surface area contributed by atoms with Gasteiger partial charge in [0.05, 0.1) is 6.20 Å². The molecular weight excluding hydrogens is 330 g/mol. The monoisotopic (exact) mass is 347 g/mol. The highest BCUT2D eigenvalue weighted by atomic mass is 16.5. The van der Waals surface area contributed by atoms with Crippen molar-refractivity contribution in [1.82, 2.24) is 19.7 Å². The average Bonchev–Trinajstić information content (AvgIpc) is 3.03. The Morgan fingerprint density at radius 1 is 1.12 bits per heavy atom. The van der Waals surface area contributed by atoms with Gasteiger partial charge < -0.3 is 10.1 Å². The number of ether oxygens (including phenoxy) is 1. The molecule has 0 fully saturated rings. The summed E-state index contributed by atoms with van der Waals surface area (Å²) in [5.41, 5.74) is 1.26. The molecule has 0 aliphatic carbocycles. The molecule has 0 saturated heterocycles. The van der Waals surface area contributed by atoms with Gasteiger partial charge in [0.15, 0.2) is 5.65 Å². The molecule has 26 heavy (non-hydrogen) atoms. The molecule has 7 heteroatoms. The van der Waals surface area contributed by atoms with Crippen molar-refractivity contribution in [3.63, 3.8) is 0 Å². The van der Waals surface area contributed by atoms with Gasteiger partial charge in [0.25, 0.3) is 5.56 Å². The fourth-order valence-electron chi connectivity index (χ4n) is 2.66. The van der Waals surface area contributed by atoms with E-state index >= 15 is 0 Å². The number of para-hydroxylation sites is 2. The van der Waals surface area contributed by atoms with E-state index in [1.54, 1.807) is 11.7 Å². The van der Waals surface area contributed by atoms with Gasteiger partial charge >= 0.3 is 0 Å². The number of hydrogen-bond donors (Lipinski definition) is 2. The average molecular weight is 347 g/mol. The molecule has 2 N–H and O–H groups in total. The van der Waals surface area contributed by atoms with Crippen molar-refractivity contribution in [3.8, 4) is 11.5 Å². The summed E-state index contributed by atoms with van der Waals surface area (Å²) in [6.07, 6.45) is 1.51. The first kappa shape index (κ1) is 15.9. The van der Waals surface area contributed by atoms with Gasteiger partial charge in [-0.25, -0.2) is 0 Å². The minimum Gasteiger partial charge on any atom is -0.457 e. The van der Waals surface area contributed by atoms with Crippen molar-refractivity contribution in [2.24, 2.45) is 7.05 Å². The van der Waals surface area contributed by atoms with Crippen LogP contribution in [0.3, 0.4) is 0 Å². The van der Waals surface area contributed by atoms with Crippen molar-refractivity contribution in [1.29, 1.82) is 0 Å². The first-order valence-corrected chi connectivity index (χ1v) is 8.17. The van der Waals surface area contributed by atoms with Crippen LogP contribution in [-0.2, 0) is 13.6 Å². The number of aryl methyl sites for hydroxylation is 1. The molecule has 4 rings (SSSR count). The second kappa shape index (κ2) is 6.72. The number of benzene rings is 2. The molecule has 4 aromatic rings. The van der Waals surface area contributed by atoms with Crippen LogP contribution in [0, 0.1) is 0 Å². The van der Waals surface area contributed by atoms with E-state index in [0.29, 0.717) is 23.5 Å². The molecule has 0 amide bonds. The van der Waals surface area contributed by atoms with E-state index in [4.69, 9.17) is 4.74 Å². The molecule has 0 saturated carbocycles. The van der Waals surface area contributed by atoms with Crippen LogP contribution in [-0.4, -0.2) is 19.7 Å². The summed E-state index contributed by atoms with van der Waals surface area (Å²) in [4.78, 5) is 19.3. The number of H-pyrrole nitrogens is 1. The smallest absolute Gasteiger partial charge is 0.263 e. The van der Waals surface area contributed by atoms with E-state index < -0.39 is 0 Å². The summed E-state index contributed by atoms with van der Waals surface area (Å²) in [6, 6.07) is 17.3. The highest BCUT2D eigenvalue weighted by Gasteiger charge is 2.09. The molecule has 0 atom stereocenters. The quantitative estimate of drug-likeness (QED) is 0.579. The van der Waals surface area contributed by atoms with Crippen molar-refractivity contribution >= 4 is 17.0 Å². The number of nitrogens with one attached hydrogen (secondary N) is 2. The second-order valence-corrected chi connectivity index (χ2v) is 5.80. The summed E-state index contributed by atoms with van der Waals surface area (Å²) >= 11 is 0. The predicted octanol–water partition coefficient (Wildman–Crippen LogP) is 3.06. The lowest BCUT2D eigenvalue weighted by Gasteiger charge is -2.12. The number of nitrogens with zero attached hydrogens (tertiary/aromatic N) is 3. The summed E-state index contributed by atoms with van der Waals surface area (Å²) in [5, 5.41) is 7.68. The van der Waals surface area contributed by atoms with Crippen LogP contribution in [0.4, 0.5) is 5.95 Å². The first-order chi connectivity index (χ1) is 12.7. The van der Waals surface area contributed by atoms with Gasteiger partial charge in [0.1, 0.15) is 16.9 Å². The Morgan fingerprint density at radius 3 is 2.73 bits per heavy atom. The van der Waals surface area contributed by atoms with Gasteiger partial charge in [-0.1, -0.05) is 36.4 Å². The van der Waals surface area contributed by atoms with Crippen LogP contribution in [0.1, 0.15) is 5.56 Å². The molecule has 0 unspecified atom stereocenters. The van der Waals surface area contributed by atoms with Crippen LogP contribution in [0.5, 0.6) is 11.5 Å². The number of anilines is 1. The standard InChI is InChI=1S/C19H17N5O2/c1-24-17-15(12-21-24)18(25)23-19(22-17)20-11-13-7-5-6-10-16(13)26-14-8-3-2-4-9-14/h2-10,12H,11H2,1H3,(H2,20,22,23,25). The third-order valence-corrected chi connectivity index (χ3v) is 3.99. The van der Waals surface area contributed by atoms with Crippen molar-refractivity contribution in [2.45, 2.75) is 6.54 Å². The maximum absolute atomic E-state index is 12.1. The van der Waals surface area contributed by atoms with Gasteiger partial charge in [-0.2, -0.15) is 10.1 Å². The Labute approximate surface area is 149 Å². The number of rotatable bonds is 5. The molecule has 0 aliphatic rings. The van der Waals surface area contributed by atoms with Crippen LogP contribution < -0.4 is 15.6 Å². The van der Waals surface area contributed by atoms with Gasteiger partial charge in [-0.05, 0) is 18.2 Å². The van der Waals surface area contributed by atoms with E-state index in [0.717, 1.165) is 17.1 Å². The molecule has 0 aliphatic heterocycles. The predicted molar refractivity (Wildman–Crippen MR) is 99.4 cm³/mol. The van der Waals surface area contributed by atoms with E-state index in [1.807, 2.05) is 54.6 Å². The van der Waals surface area contributed by atoms with Gasteiger partial charge in [0.2, 0.25) is 5.95 Å². The van der Waals surface area contributed by atoms with Crippen LogP contribution >= 0.6 is 0 Å². The number of aromatic amines is 1. The molecule has 2 heterocycles. The Morgan fingerprint density at radius 2 is 1.88 bits per heavy atom. The van der Waals surface area contributed by atoms with E-state index in [1.165, 1.54) is 6.20 Å². The summed E-state index contributed by atoms with van der Waals surface area (Å²) in [6.45, 7) is 0.454. The van der Waals surface area contributed by atoms with Gasteiger partial charge in [-0.3, -0.25) is 14.5 Å². The van der Waals surface area contributed by atoms with E-state index in [-0.39, 0.29) is 5.56 Å². The molecule has 0 radical (unpaired) electrons. The highest BCUT2D eigenvalue weighted by molar-refractivity contribution is 5.74. The fourth-order valence-corrected chi connectivity index (χ4v) is 2.66. The molecule has 2 aromatic carbocycles. The SMILES string of the molecule is Cn1ncc2c(=O)[nH]c(NCc3ccccc3Oc3ccccc3)nc21. The number of hydrogen-bond acceptors (Lipinski definition) is 5. The maximum Gasteiger partial charge on any atom is 0.263 e. The van der Waals surface area contributed by atoms with Crippen LogP contribution in [0.25, 0.3) is 11.0 Å². The maximum atomic E-state index is 12.1. The Hall–Kier alpha value is -3.61. The Bertz CT molecular complexity index is 1100. The Balaban J connectivity index is 1.57. The molecule has 0 spiro atoms. The zero-order valence-electron chi connectivity index (χ0n) is 14.1. The first-order valence-electron chi connectivity index (χ1n) is 8.17. The largest absolute Gasteiger partial charge is 0.457 e. The van der Waals surface area contributed by atoms with Crippen LogP contribution in [0.15, 0.2) is 65.6 Å². The Kier molecular flexibility index (Phi) is 4.10. The number of aromatic nitrogens is 4. The normalized spacial score (nSPS) is 10.8. The van der Waals surface area contributed by atoms with Crippen LogP contribution in [0.2, 0.25) is 0 Å². The summed E-state index contributed by atoms with van der Waals surface area (Å²) in [7, 11) is 1.75. The third-order valence-electron chi connectivity index (χ3n) is 3.99. The molecule has 7 nitrogen and oxygen atoms in total. The highest BCUT2D eigenvalue weighted by Crippen LogP contribution is 2.25.